The van der Waals surface area contributed by atoms with Gasteiger partial charge in [-0.25, -0.2) is 4.39 Å². The highest BCUT2D eigenvalue weighted by molar-refractivity contribution is 5.56. The first kappa shape index (κ1) is 10.3. The maximum absolute atomic E-state index is 13.9. The van der Waals surface area contributed by atoms with Crippen molar-refractivity contribution in [3.8, 4) is 5.75 Å². The van der Waals surface area contributed by atoms with Crippen molar-refractivity contribution in [2.45, 2.75) is 25.4 Å². The predicted molar refractivity (Wildman–Crippen MR) is 59.3 cm³/mol. The van der Waals surface area contributed by atoms with Gasteiger partial charge in [0.2, 0.25) is 0 Å². The van der Waals surface area contributed by atoms with Crippen LogP contribution in [0.3, 0.4) is 0 Å². The number of anilines is 1. The molecule has 82 valence electrons. The van der Waals surface area contributed by atoms with E-state index in [-0.39, 0.29) is 0 Å². The number of benzene rings is 1. The van der Waals surface area contributed by atoms with Crippen LogP contribution in [-0.4, -0.2) is 19.3 Å². The van der Waals surface area contributed by atoms with Gasteiger partial charge in [0.25, 0.3) is 0 Å². The molecule has 0 saturated carbocycles. The number of methoxy groups -OCH3 is 1. The molecule has 1 atom stereocenters. The van der Waals surface area contributed by atoms with Crippen molar-refractivity contribution >= 4 is 5.69 Å². The molecule has 0 spiro atoms. The van der Waals surface area contributed by atoms with E-state index >= 15 is 0 Å². The number of fused-ring (bicyclic) bond motifs is 1. The maximum atomic E-state index is 13.9. The van der Waals surface area contributed by atoms with Gasteiger partial charge in [0.1, 0.15) is 11.4 Å². The second-order valence-corrected chi connectivity index (χ2v) is 4.29. The zero-order valence-electron chi connectivity index (χ0n) is 9.14. The average Bonchev–Trinajstić information content (AvgIpc) is 2.33. The first-order valence-electron chi connectivity index (χ1n) is 5.20. The Labute approximate surface area is 89.4 Å². The van der Waals surface area contributed by atoms with Crippen LogP contribution in [0.1, 0.15) is 18.9 Å². The van der Waals surface area contributed by atoms with E-state index in [1.54, 1.807) is 14.0 Å². The summed E-state index contributed by atoms with van der Waals surface area (Å²) in [4.78, 5) is 0. The minimum absolute atomic E-state index is 0.472. The molecule has 0 amide bonds. The molecule has 0 aromatic heterocycles. The van der Waals surface area contributed by atoms with Gasteiger partial charge >= 0.3 is 0 Å². The molecule has 1 aliphatic heterocycles. The Morgan fingerprint density at radius 2 is 2.27 bits per heavy atom. The number of rotatable bonds is 1. The first-order valence-corrected chi connectivity index (χ1v) is 5.20. The van der Waals surface area contributed by atoms with E-state index in [0.717, 1.165) is 17.0 Å². The van der Waals surface area contributed by atoms with Gasteiger partial charge in [-0.15, -0.1) is 0 Å². The Kier molecular flexibility index (Phi) is 2.55. The lowest BCUT2D eigenvalue weighted by Crippen LogP contribution is -2.21. The number of nitrogens with one attached hydrogen (secondary N) is 1. The quantitative estimate of drug-likeness (QED) is 0.768. The van der Waals surface area contributed by atoms with Crippen LogP contribution in [-0.2, 0) is 6.42 Å². The van der Waals surface area contributed by atoms with Crippen LogP contribution < -0.4 is 10.1 Å². The topological polar surface area (TPSA) is 21.3 Å². The van der Waals surface area contributed by atoms with Gasteiger partial charge in [0, 0.05) is 24.7 Å². The molecule has 0 fully saturated rings. The van der Waals surface area contributed by atoms with E-state index in [4.69, 9.17) is 4.74 Å². The van der Waals surface area contributed by atoms with Crippen molar-refractivity contribution in [1.82, 2.24) is 0 Å². The molecule has 1 heterocycles. The van der Waals surface area contributed by atoms with Gasteiger partial charge in [-0.05, 0) is 25.0 Å². The van der Waals surface area contributed by atoms with Gasteiger partial charge in [-0.1, -0.05) is 6.07 Å². The van der Waals surface area contributed by atoms with Crippen LogP contribution in [0.5, 0.6) is 5.75 Å². The molecule has 3 heteroatoms. The van der Waals surface area contributed by atoms with Gasteiger partial charge in [-0.3, -0.25) is 0 Å². The van der Waals surface area contributed by atoms with E-state index in [9.17, 15) is 4.39 Å². The highest BCUT2D eigenvalue weighted by Gasteiger charge is 2.27. The molecule has 1 aromatic carbocycles. The van der Waals surface area contributed by atoms with E-state index in [1.807, 2.05) is 18.2 Å². The van der Waals surface area contributed by atoms with Crippen molar-refractivity contribution in [1.29, 1.82) is 0 Å². The molecular formula is C12H16FNO. The molecule has 0 saturated heterocycles. The highest BCUT2D eigenvalue weighted by Crippen LogP contribution is 2.31. The third-order valence-corrected chi connectivity index (χ3v) is 2.84. The number of hydrogen-bond acceptors (Lipinski definition) is 2. The number of halogens is 1. The van der Waals surface area contributed by atoms with Crippen LogP contribution in [0.4, 0.5) is 10.1 Å². The molecule has 1 aliphatic rings. The Bertz CT molecular complexity index is 363. The second kappa shape index (κ2) is 3.72. The van der Waals surface area contributed by atoms with Gasteiger partial charge in [-0.2, -0.15) is 0 Å². The van der Waals surface area contributed by atoms with E-state index < -0.39 is 5.67 Å². The fraction of sp³-hybridized carbons (Fsp3) is 0.500. The molecule has 0 bridgehead atoms. The predicted octanol–water partition coefficient (Wildman–Crippen LogP) is 2.78. The van der Waals surface area contributed by atoms with Crippen molar-refractivity contribution in [2.24, 2.45) is 0 Å². The average molecular weight is 209 g/mol. The molecule has 2 rings (SSSR count). The summed E-state index contributed by atoms with van der Waals surface area (Å²) in [5.74, 6) is 0.809. The molecule has 1 aromatic rings. The minimum atomic E-state index is -1.10. The van der Waals surface area contributed by atoms with Gasteiger partial charge in [0.05, 0.1) is 7.11 Å². The first-order chi connectivity index (χ1) is 7.11. The lowest BCUT2D eigenvalue weighted by atomic mass is 9.96. The molecule has 1 N–H and O–H groups in total. The molecule has 0 radical (unpaired) electrons. The standard InChI is InChI=1S/C12H16FNO/c1-12(13)5-6-14-11-7-10(15-2)4-3-9(11)8-12/h3-4,7,14H,5-6,8H2,1-2H3. The van der Waals surface area contributed by atoms with E-state index in [0.29, 0.717) is 19.4 Å². The second-order valence-electron chi connectivity index (χ2n) is 4.29. The third kappa shape index (κ3) is 2.22. The third-order valence-electron chi connectivity index (χ3n) is 2.84. The van der Waals surface area contributed by atoms with Crippen molar-refractivity contribution in [3.63, 3.8) is 0 Å². The molecule has 2 nitrogen and oxygen atoms in total. The van der Waals surface area contributed by atoms with Crippen LogP contribution >= 0.6 is 0 Å². The monoisotopic (exact) mass is 209 g/mol. The summed E-state index contributed by atoms with van der Waals surface area (Å²) in [7, 11) is 1.64. The fourth-order valence-corrected chi connectivity index (χ4v) is 1.94. The maximum Gasteiger partial charge on any atom is 0.120 e. The normalized spacial score (nSPS) is 25.0. The van der Waals surface area contributed by atoms with Gasteiger partial charge < -0.3 is 10.1 Å². The summed E-state index contributed by atoms with van der Waals surface area (Å²) >= 11 is 0. The van der Waals surface area contributed by atoms with E-state index in [1.165, 1.54) is 0 Å². The van der Waals surface area contributed by atoms with Crippen LogP contribution in [0.25, 0.3) is 0 Å². The Balaban J connectivity index is 2.34. The number of hydrogen-bond donors (Lipinski definition) is 1. The van der Waals surface area contributed by atoms with Crippen molar-refractivity contribution in [2.75, 3.05) is 19.0 Å². The molecule has 1 unspecified atom stereocenters. The Morgan fingerprint density at radius 3 is 3.00 bits per heavy atom. The molecule has 0 aliphatic carbocycles. The SMILES string of the molecule is COc1ccc2c(c1)NCCC(C)(F)C2. The van der Waals surface area contributed by atoms with Crippen LogP contribution in [0.15, 0.2) is 18.2 Å². The summed E-state index contributed by atoms with van der Waals surface area (Å²) < 4.78 is 19.1. The largest absolute Gasteiger partial charge is 0.497 e. The zero-order chi connectivity index (χ0) is 10.9. The highest BCUT2D eigenvalue weighted by atomic mass is 19.1. The number of alkyl halides is 1. The fourth-order valence-electron chi connectivity index (χ4n) is 1.94. The summed E-state index contributed by atoms with van der Waals surface area (Å²) in [5.41, 5.74) is 0.918. The minimum Gasteiger partial charge on any atom is -0.497 e. The summed E-state index contributed by atoms with van der Waals surface area (Å²) in [6, 6.07) is 5.74. The number of ether oxygens (including phenoxy) is 1. The van der Waals surface area contributed by atoms with Crippen molar-refractivity contribution < 1.29 is 9.13 Å². The zero-order valence-corrected chi connectivity index (χ0v) is 9.14. The Morgan fingerprint density at radius 1 is 1.47 bits per heavy atom. The summed E-state index contributed by atoms with van der Waals surface area (Å²) in [6.07, 6.45) is 1.02. The summed E-state index contributed by atoms with van der Waals surface area (Å²) in [5, 5.41) is 3.24. The van der Waals surface area contributed by atoms with E-state index in [2.05, 4.69) is 5.32 Å². The van der Waals surface area contributed by atoms with Gasteiger partial charge in [0.15, 0.2) is 0 Å². The lowest BCUT2D eigenvalue weighted by Gasteiger charge is -2.16. The molecule has 15 heavy (non-hydrogen) atoms. The lowest BCUT2D eigenvalue weighted by molar-refractivity contribution is 0.183. The smallest absolute Gasteiger partial charge is 0.120 e. The van der Waals surface area contributed by atoms with Crippen LogP contribution in [0.2, 0.25) is 0 Å². The van der Waals surface area contributed by atoms with Crippen molar-refractivity contribution in [3.05, 3.63) is 23.8 Å². The Hall–Kier alpha value is -1.25. The van der Waals surface area contributed by atoms with Crippen LogP contribution in [0, 0.1) is 0 Å². The summed E-state index contributed by atoms with van der Waals surface area (Å²) in [6.45, 7) is 2.33. The molecular weight excluding hydrogens is 193 g/mol.